The van der Waals surface area contributed by atoms with Gasteiger partial charge in [-0.3, -0.25) is 9.59 Å². The average Bonchev–Trinajstić information content (AvgIpc) is 3.52. The lowest BCUT2D eigenvalue weighted by atomic mass is 9.63. The fourth-order valence-corrected chi connectivity index (χ4v) is 5.94. The van der Waals surface area contributed by atoms with Gasteiger partial charge in [-0.2, -0.15) is 10.1 Å². The largest absolute Gasteiger partial charge is 0.490 e. The molecular formula is C25H24N2O3. The summed E-state index contributed by atoms with van der Waals surface area (Å²) in [6.07, 6.45) is 7.15. The second-order valence-corrected chi connectivity index (χ2v) is 9.25. The standard InChI is InChI=1S/C25H24N2O3/c1-13(2)30-21-10-7-14-5-3-4-6-15(14)20(21)12-26-27-24(28)22-16-8-9-17(19-11-18(16)19)23(22)25(27)29/h3-10,12-13,16-19,22-23H,11H2,1-2H3/b26-12+. The van der Waals surface area contributed by atoms with Gasteiger partial charge in [0.2, 0.25) is 0 Å². The molecule has 5 heteroatoms. The van der Waals surface area contributed by atoms with Gasteiger partial charge in [-0.15, -0.1) is 0 Å². The number of hydrazone groups is 1. The van der Waals surface area contributed by atoms with E-state index in [-0.39, 0.29) is 41.6 Å². The van der Waals surface area contributed by atoms with E-state index in [4.69, 9.17) is 4.74 Å². The molecule has 0 radical (unpaired) electrons. The lowest BCUT2D eigenvalue weighted by Gasteiger charge is -2.37. The number of allylic oxidation sites excluding steroid dienone is 2. The zero-order valence-corrected chi connectivity index (χ0v) is 17.1. The Balaban J connectivity index is 1.38. The van der Waals surface area contributed by atoms with Gasteiger partial charge in [-0.1, -0.05) is 42.5 Å². The maximum Gasteiger partial charge on any atom is 0.254 e. The fourth-order valence-electron chi connectivity index (χ4n) is 5.94. The van der Waals surface area contributed by atoms with Crippen molar-refractivity contribution in [3.8, 4) is 5.75 Å². The number of ether oxygens (including phenoxy) is 1. The van der Waals surface area contributed by atoms with E-state index in [1.165, 1.54) is 0 Å². The van der Waals surface area contributed by atoms with E-state index in [9.17, 15) is 9.59 Å². The molecule has 152 valence electrons. The summed E-state index contributed by atoms with van der Waals surface area (Å²) in [4.78, 5) is 26.4. The highest BCUT2D eigenvalue weighted by atomic mass is 16.5. The van der Waals surface area contributed by atoms with Crippen molar-refractivity contribution in [3.63, 3.8) is 0 Å². The normalized spacial score (nSPS) is 33.6. The van der Waals surface area contributed by atoms with Crippen LogP contribution in [0.15, 0.2) is 53.7 Å². The smallest absolute Gasteiger partial charge is 0.254 e. The Labute approximate surface area is 175 Å². The summed E-state index contributed by atoms with van der Waals surface area (Å²) in [6.45, 7) is 3.95. The van der Waals surface area contributed by atoms with Crippen molar-refractivity contribution >= 4 is 28.8 Å². The van der Waals surface area contributed by atoms with Crippen LogP contribution in [-0.4, -0.2) is 29.1 Å². The van der Waals surface area contributed by atoms with Crippen LogP contribution in [0.2, 0.25) is 0 Å². The van der Waals surface area contributed by atoms with Gasteiger partial charge in [0.1, 0.15) is 5.75 Å². The third kappa shape index (κ3) is 2.44. The van der Waals surface area contributed by atoms with Crippen LogP contribution < -0.4 is 4.74 Å². The molecule has 1 heterocycles. The van der Waals surface area contributed by atoms with E-state index in [2.05, 4.69) is 17.3 Å². The van der Waals surface area contributed by atoms with Crippen LogP contribution in [0.4, 0.5) is 0 Å². The van der Waals surface area contributed by atoms with Crippen molar-refractivity contribution in [1.29, 1.82) is 0 Å². The van der Waals surface area contributed by atoms with E-state index in [1.54, 1.807) is 6.21 Å². The van der Waals surface area contributed by atoms with Crippen molar-refractivity contribution in [2.24, 2.45) is 40.6 Å². The van der Waals surface area contributed by atoms with Crippen LogP contribution in [0, 0.1) is 35.5 Å². The molecule has 2 aromatic rings. The molecule has 5 nitrogen and oxygen atoms in total. The summed E-state index contributed by atoms with van der Waals surface area (Å²) in [5, 5.41) is 7.61. The second kappa shape index (κ2) is 6.27. The summed E-state index contributed by atoms with van der Waals surface area (Å²) in [6, 6.07) is 11.9. The summed E-state index contributed by atoms with van der Waals surface area (Å²) in [5.74, 6) is 1.55. The molecule has 6 atom stereocenters. The minimum atomic E-state index is -0.229. The predicted molar refractivity (Wildman–Crippen MR) is 114 cm³/mol. The summed E-state index contributed by atoms with van der Waals surface area (Å²) in [5.41, 5.74) is 0.793. The minimum absolute atomic E-state index is 0.00431. The van der Waals surface area contributed by atoms with Crippen LogP contribution in [-0.2, 0) is 9.59 Å². The topological polar surface area (TPSA) is 59.0 Å². The van der Waals surface area contributed by atoms with Crippen molar-refractivity contribution in [2.75, 3.05) is 0 Å². The summed E-state index contributed by atoms with van der Waals surface area (Å²) < 4.78 is 5.99. The number of fused-ring (bicyclic) bond motifs is 1. The number of benzene rings is 2. The molecule has 4 aliphatic carbocycles. The van der Waals surface area contributed by atoms with Gasteiger partial charge in [-0.25, -0.2) is 0 Å². The summed E-state index contributed by atoms with van der Waals surface area (Å²) >= 11 is 0. The van der Waals surface area contributed by atoms with Gasteiger partial charge >= 0.3 is 0 Å². The maximum atomic E-state index is 13.2. The van der Waals surface area contributed by atoms with Crippen LogP contribution in [0.1, 0.15) is 25.8 Å². The summed E-state index contributed by atoms with van der Waals surface area (Å²) in [7, 11) is 0. The average molecular weight is 400 g/mol. The molecule has 3 fully saturated rings. The molecule has 2 bridgehead atoms. The van der Waals surface area contributed by atoms with Crippen LogP contribution in [0.25, 0.3) is 10.8 Å². The van der Waals surface area contributed by atoms with Gasteiger partial charge in [0, 0.05) is 5.56 Å². The quantitative estimate of drug-likeness (QED) is 0.443. The molecule has 7 rings (SSSR count). The van der Waals surface area contributed by atoms with Crippen molar-refractivity contribution < 1.29 is 14.3 Å². The van der Waals surface area contributed by atoms with E-state index in [0.717, 1.165) is 27.8 Å². The SMILES string of the molecule is CC(C)Oc1ccc2ccccc2c1/C=N/N1C(=O)C2C3C=CC(C4CC34)C2C1=O. The molecule has 1 aliphatic heterocycles. The van der Waals surface area contributed by atoms with Crippen LogP contribution >= 0.6 is 0 Å². The lowest BCUT2D eigenvalue weighted by Crippen LogP contribution is -2.40. The molecule has 0 spiro atoms. The Hall–Kier alpha value is -2.95. The molecule has 6 unspecified atom stereocenters. The molecular weight excluding hydrogens is 376 g/mol. The third-order valence-corrected chi connectivity index (χ3v) is 7.24. The highest BCUT2D eigenvalue weighted by Crippen LogP contribution is 2.65. The van der Waals surface area contributed by atoms with E-state index in [1.807, 2.05) is 50.2 Å². The predicted octanol–water partition coefficient (Wildman–Crippen LogP) is 4.01. The first-order chi connectivity index (χ1) is 14.5. The monoisotopic (exact) mass is 400 g/mol. The molecule has 1 saturated heterocycles. The molecule has 0 N–H and O–H groups in total. The van der Waals surface area contributed by atoms with Gasteiger partial charge in [0.05, 0.1) is 24.2 Å². The first-order valence-electron chi connectivity index (χ1n) is 10.8. The van der Waals surface area contributed by atoms with Crippen molar-refractivity contribution in [1.82, 2.24) is 5.01 Å². The van der Waals surface area contributed by atoms with Gasteiger partial charge < -0.3 is 4.74 Å². The Morgan fingerprint density at radius 1 is 1.00 bits per heavy atom. The van der Waals surface area contributed by atoms with E-state index in [0.29, 0.717) is 17.6 Å². The molecule has 2 aromatic carbocycles. The third-order valence-electron chi connectivity index (χ3n) is 7.24. The number of nitrogens with zero attached hydrogens (tertiary/aromatic N) is 2. The minimum Gasteiger partial charge on any atom is -0.490 e. The molecule has 0 aromatic heterocycles. The van der Waals surface area contributed by atoms with Gasteiger partial charge in [0.25, 0.3) is 11.8 Å². The Kier molecular flexibility index (Phi) is 3.74. The van der Waals surface area contributed by atoms with Crippen LogP contribution in [0.3, 0.4) is 0 Å². The molecule has 2 saturated carbocycles. The maximum absolute atomic E-state index is 13.2. The number of amides is 2. The van der Waals surface area contributed by atoms with E-state index >= 15 is 0 Å². The number of rotatable bonds is 4. The van der Waals surface area contributed by atoms with Crippen LogP contribution in [0.5, 0.6) is 5.75 Å². The zero-order chi connectivity index (χ0) is 20.6. The van der Waals surface area contributed by atoms with E-state index < -0.39 is 0 Å². The van der Waals surface area contributed by atoms with Crippen molar-refractivity contribution in [2.45, 2.75) is 26.4 Å². The Bertz CT molecular complexity index is 1100. The highest BCUT2D eigenvalue weighted by Gasteiger charge is 2.67. The zero-order valence-electron chi connectivity index (χ0n) is 17.1. The Morgan fingerprint density at radius 2 is 1.67 bits per heavy atom. The first-order valence-corrected chi connectivity index (χ1v) is 10.8. The van der Waals surface area contributed by atoms with Crippen molar-refractivity contribution in [3.05, 3.63) is 54.1 Å². The highest BCUT2D eigenvalue weighted by molar-refractivity contribution is 6.08. The number of carbonyl (C=O) groups is 2. The number of hydrogen-bond donors (Lipinski definition) is 0. The first kappa shape index (κ1) is 17.9. The number of imide groups is 1. The molecule has 2 amide bonds. The number of hydrogen-bond acceptors (Lipinski definition) is 4. The molecule has 5 aliphatic rings. The lowest BCUT2D eigenvalue weighted by molar-refractivity contribution is -0.140. The fraction of sp³-hybridized carbons (Fsp3) is 0.400. The second-order valence-electron chi connectivity index (χ2n) is 9.25. The number of carbonyl (C=O) groups excluding carboxylic acids is 2. The molecule has 30 heavy (non-hydrogen) atoms. The van der Waals surface area contributed by atoms with Gasteiger partial charge in [-0.05, 0) is 60.8 Å². The Morgan fingerprint density at radius 3 is 2.33 bits per heavy atom. The van der Waals surface area contributed by atoms with Gasteiger partial charge in [0.15, 0.2) is 0 Å².